The lowest BCUT2D eigenvalue weighted by molar-refractivity contribution is -0.137. The second kappa shape index (κ2) is 8.97. The van der Waals surface area contributed by atoms with Crippen LogP contribution in [0.25, 0.3) is 0 Å². The lowest BCUT2D eigenvalue weighted by Crippen LogP contribution is -2.38. The Hall–Kier alpha value is -2.81. The normalized spacial score (nSPS) is 17.9. The van der Waals surface area contributed by atoms with E-state index in [0.29, 0.717) is 32.5 Å². The Kier molecular flexibility index (Phi) is 6.28. The fourth-order valence-electron chi connectivity index (χ4n) is 4.12. The monoisotopic (exact) mass is 450 g/mol. The first-order chi connectivity index (χ1) is 15.2. The van der Waals surface area contributed by atoms with E-state index in [4.69, 9.17) is 4.74 Å². The molecule has 32 heavy (non-hydrogen) atoms. The number of carbonyl (C=O) groups is 1. The van der Waals surface area contributed by atoms with Crippen LogP contribution in [-0.2, 0) is 12.7 Å². The molecular weight excluding hydrogens is 428 g/mol. The first kappa shape index (κ1) is 22.4. The number of benzene rings is 2. The number of piperidine rings is 1. The van der Waals surface area contributed by atoms with Gasteiger partial charge in [-0.2, -0.15) is 13.2 Å². The zero-order valence-corrected chi connectivity index (χ0v) is 17.2. The van der Waals surface area contributed by atoms with Crippen LogP contribution in [0.15, 0.2) is 41.6 Å². The molecule has 0 N–H and O–H groups in total. The standard InChI is InChI=1S/C23H22F4N2O3/c24-21-10-15(19(14-4-5-14)12-20(21)22(30)28-31)13-29-8-6-17(7-9-29)32-18-3-1-2-16(11-18)23(25,26)27/h1-3,10-12,14,17H,4-9,13H2. The van der Waals surface area contributed by atoms with Gasteiger partial charge in [0.2, 0.25) is 0 Å². The fourth-order valence-corrected chi connectivity index (χ4v) is 4.12. The van der Waals surface area contributed by atoms with Gasteiger partial charge in [0.25, 0.3) is 0 Å². The molecule has 5 nitrogen and oxygen atoms in total. The first-order valence-electron chi connectivity index (χ1n) is 10.5. The Labute approximate surface area is 182 Å². The highest BCUT2D eigenvalue weighted by molar-refractivity contribution is 5.95. The van der Waals surface area contributed by atoms with Crippen molar-refractivity contribution in [3.8, 4) is 5.75 Å². The van der Waals surface area contributed by atoms with Gasteiger partial charge >= 0.3 is 12.1 Å². The van der Waals surface area contributed by atoms with Crippen LogP contribution in [0.2, 0.25) is 0 Å². The molecular formula is C23H22F4N2O3. The smallest absolute Gasteiger partial charge is 0.416 e. The maximum Gasteiger partial charge on any atom is 0.416 e. The molecule has 0 spiro atoms. The predicted octanol–water partition coefficient (Wildman–Crippen LogP) is 5.67. The highest BCUT2D eigenvalue weighted by Crippen LogP contribution is 2.43. The number of amides is 1. The van der Waals surface area contributed by atoms with Crippen molar-refractivity contribution < 1.29 is 27.1 Å². The number of ether oxygens (including phenoxy) is 1. The molecule has 4 rings (SSSR count). The molecule has 2 aromatic rings. The van der Waals surface area contributed by atoms with Gasteiger partial charge in [0.05, 0.1) is 11.1 Å². The van der Waals surface area contributed by atoms with Crippen LogP contribution in [0.4, 0.5) is 17.6 Å². The largest absolute Gasteiger partial charge is 0.490 e. The molecule has 1 aliphatic heterocycles. The average Bonchev–Trinajstić information content (AvgIpc) is 3.60. The topological polar surface area (TPSA) is 59.0 Å². The predicted molar refractivity (Wildman–Crippen MR) is 109 cm³/mol. The van der Waals surface area contributed by atoms with Crippen LogP contribution >= 0.6 is 0 Å². The lowest BCUT2D eigenvalue weighted by atomic mass is 9.97. The number of nitrogens with zero attached hydrogens (tertiary/aromatic N) is 2. The van der Waals surface area contributed by atoms with E-state index in [1.165, 1.54) is 24.3 Å². The summed E-state index contributed by atoms with van der Waals surface area (Å²) >= 11 is 0. The molecule has 0 atom stereocenters. The zero-order chi connectivity index (χ0) is 22.9. The lowest BCUT2D eigenvalue weighted by Gasteiger charge is -2.32. The Balaban J connectivity index is 1.39. The van der Waals surface area contributed by atoms with E-state index in [-0.39, 0.29) is 23.3 Å². The molecule has 1 saturated carbocycles. The highest BCUT2D eigenvalue weighted by atomic mass is 19.4. The van der Waals surface area contributed by atoms with Crippen molar-refractivity contribution in [3.63, 3.8) is 0 Å². The van der Waals surface area contributed by atoms with Gasteiger partial charge in [-0.1, -0.05) is 6.07 Å². The number of halogens is 4. The average molecular weight is 450 g/mol. The number of hydrogen-bond acceptors (Lipinski definition) is 4. The van der Waals surface area contributed by atoms with Crippen molar-refractivity contribution in [2.24, 2.45) is 5.18 Å². The zero-order valence-electron chi connectivity index (χ0n) is 17.2. The van der Waals surface area contributed by atoms with Crippen LogP contribution in [-0.4, -0.2) is 30.0 Å². The maximum absolute atomic E-state index is 14.4. The van der Waals surface area contributed by atoms with E-state index in [9.17, 15) is 27.3 Å². The van der Waals surface area contributed by atoms with Gasteiger partial charge in [0.1, 0.15) is 17.7 Å². The number of hydrogen-bond donors (Lipinski definition) is 0. The van der Waals surface area contributed by atoms with E-state index in [1.54, 1.807) is 0 Å². The van der Waals surface area contributed by atoms with Gasteiger partial charge in [-0.3, -0.25) is 9.69 Å². The Bertz CT molecular complexity index is 1010. The van der Waals surface area contributed by atoms with E-state index < -0.39 is 23.5 Å². The van der Waals surface area contributed by atoms with Crippen molar-refractivity contribution in [1.82, 2.24) is 4.90 Å². The molecule has 0 radical (unpaired) electrons. The molecule has 1 aliphatic carbocycles. The third-order valence-corrected chi connectivity index (χ3v) is 5.95. The number of rotatable bonds is 6. The number of alkyl halides is 3. The van der Waals surface area contributed by atoms with Gasteiger partial charge in [0.15, 0.2) is 0 Å². The third-order valence-electron chi connectivity index (χ3n) is 5.95. The van der Waals surface area contributed by atoms with Gasteiger partial charge < -0.3 is 4.74 Å². The Morgan fingerprint density at radius 2 is 1.81 bits per heavy atom. The van der Waals surface area contributed by atoms with Crippen LogP contribution in [0.1, 0.15) is 58.6 Å². The molecule has 1 heterocycles. The molecule has 2 aliphatic rings. The quantitative estimate of drug-likeness (QED) is 0.420. The number of carbonyl (C=O) groups excluding carboxylic acids is 1. The van der Waals surface area contributed by atoms with Crippen molar-refractivity contribution in [1.29, 1.82) is 0 Å². The maximum atomic E-state index is 14.4. The summed E-state index contributed by atoms with van der Waals surface area (Å²) in [7, 11) is 0. The summed E-state index contributed by atoms with van der Waals surface area (Å²) in [6, 6.07) is 7.64. The van der Waals surface area contributed by atoms with Crippen LogP contribution in [0.3, 0.4) is 0 Å². The molecule has 2 fully saturated rings. The van der Waals surface area contributed by atoms with Gasteiger partial charge in [-0.15, -0.1) is 4.91 Å². The van der Waals surface area contributed by atoms with Gasteiger partial charge in [0, 0.05) is 24.8 Å². The molecule has 0 bridgehead atoms. The summed E-state index contributed by atoms with van der Waals surface area (Å²) in [6.45, 7) is 1.78. The van der Waals surface area contributed by atoms with Crippen molar-refractivity contribution in [3.05, 3.63) is 69.4 Å². The van der Waals surface area contributed by atoms with Crippen LogP contribution in [0.5, 0.6) is 5.75 Å². The first-order valence-corrected chi connectivity index (χ1v) is 10.5. The number of likely N-dealkylation sites (tertiary alicyclic amines) is 1. The minimum absolute atomic E-state index is 0.195. The van der Waals surface area contributed by atoms with E-state index in [1.807, 2.05) is 0 Å². The Morgan fingerprint density at radius 1 is 1.09 bits per heavy atom. The summed E-state index contributed by atoms with van der Waals surface area (Å²) in [6.07, 6.45) is -1.46. The number of nitroso groups, excluding NO2 is 1. The van der Waals surface area contributed by atoms with Crippen LogP contribution in [0, 0.1) is 10.7 Å². The van der Waals surface area contributed by atoms with Crippen molar-refractivity contribution >= 4 is 5.91 Å². The molecule has 0 unspecified atom stereocenters. The minimum atomic E-state index is -4.42. The highest BCUT2D eigenvalue weighted by Gasteiger charge is 2.32. The van der Waals surface area contributed by atoms with Crippen LogP contribution < -0.4 is 4.74 Å². The minimum Gasteiger partial charge on any atom is -0.490 e. The molecule has 1 amide bonds. The summed E-state index contributed by atoms with van der Waals surface area (Å²) in [5.74, 6) is -1.41. The molecule has 1 saturated heterocycles. The summed E-state index contributed by atoms with van der Waals surface area (Å²) < 4.78 is 58.8. The summed E-state index contributed by atoms with van der Waals surface area (Å²) in [5.41, 5.74) is 0.623. The van der Waals surface area contributed by atoms with Gasteiger partial charge in [-0.05, 0) is 73.1 Å². The molecule has 0 aromatic heterocycles. The van der Waals surface area contributed by atoms with Crippen molar-refractivity contribution in [2.45, 2.75) is 50.4 Å². The van der Waals surface area contributed by atoms with E-state index in [2.05, 4.69) is 10.1 Å². The SMILES string of the molecule is O=NC(=O)c1cc(C2CC2)c(CN2CCC(Oc3cccc(C(F)(F)F)c3)CC2)cc1F. The Morgan fingerprint density at radius 3 is 2.44 bits per heavy atom. The summed E-state index contributed by atoms with van der Waals surface area (Å²) in [4.78, 5) is 24.3. The second-order valence-corrected chi connectivity index (χ2v) is 8.32. The summed E-state index contributed by atoms with van der Waals surface area (Å²) in [5, 5.41) is 2.33. The van der Waals surface area contributed by atoms with Gasteiger partial charge in [-0.25, -0.2) is 4.39 Å². The van der Waals surface area contributed by atoms with Crippen molar-refractivity contribution in [2.75, 3.05) is 13.1 Å². The van der Waals surface area contributed by atoms with E-state index in [0.717, 1.165) is 36.1 Å². The third kappa shape index (κ3) is 5.15. The molecule has 9 heteroatoms. The molecule has 2 aromatic carbocycles. The van der Waals surface area contributed by atoms with E-state index >= 15 is 0 Å². The second-order valence-electron chi connectivity index (χ2n) is 8.32. The molecule has 170 valence electrons. The fraction of sp³-hybridized carbons (Fsp3) is 0.435.